The molecular weight excluding hydrogens is 320 g/mol. The number of para-hydroxylation sites is 1. The quantitative estimate of drug-likeness (QED) is 0.477. The fourth-order valence-electron chi connectivity index (χ4n) is 3.25. The van der Waals surface area contributed by atoms with E-state index in [2.05, 4.69) is 0 Å². The molecule has 0 aliphatic rings. The fourth-order valence-corrected chi connectivity index (χ4v) is 3.50. The van der Waals surface area contributed by atoms with Crippen LogP contribution in [0.4, 0.5) is 0 Å². The Morgan fingerprint density at radius 2 is 1.58 bits per heavy atom. The Labute approximate surface area is 145 Å². The van der Waals surface area contributed by atoms with Gasteiger partial charge in [0.15, 0.2) is 0 Å². The molecule has 1 aromatic heterocycles. The highest BCUT2D eigenvalue weighted by Crippen LogP contribution is 2.42. The number of halogens is 1. The zero-order valence-corrected chi connectivity index (χ0v) is 14.3. The summed E-state index contributed by atoms with van der Waals surface area (Å²) in [6, 6.07) is 19.6. The third-order valence-electron chi connectivity index (χ3n) is 4.35. The van der Waals surface area contributed by atoms with Crippen molar-refractivity contribution in [3.05, 3.63) is 71.2 Å². The van der Waals surface area contributed by atoms with E-state index >= 15 is 0 Å². The Hall–Kier alpha value is -2.29. The van der Waals surface area contributed by atoms with Gasteiger partial charge in [-0.05, 0) is 43.2 Å². The summed E-state index contributed by atoms with van der Waals surface area (Å²) >= 11 is 6.46. The van der Waals surface area contributed by atoms with Gasteiger partial charge in [-0.3, -0.25) is 0 Å². The van der Waals surface area contributed by atoms with Crippen LogP contribution in [0.1, 0.15) is 19.4 Å². The van der Waals surface area contributed by atoms with Crippen LogP contribution in [-0.2, 0) is 5.60 Å². The van der Waals surface area contributed by atoms with Gasteiger partial charge in [-0.15, -0.1) is 0 Å². The van der Waals surface area contributed by atoms with E-state index in [0.717, 1.165) is 38.6 Å². The first-order chi connectivity index (χ1) is 11.5. The number of furan rings is 1. The molecule has 3 aromatic carbocycles. The molecule has 2 nitrogen and oxygen atoms in total. The van der Waals surface area contributed by atoms with Crippen LogP contribution in [0.25, 0.3) is 33.1 Å². The first-order valence-corrected chi connectivity index (χ1v) is 8.26. The van der Waals surface area contributed by atoms with Crippen LogP contribution >= 0.6 is 11.6 Å². The number of fused-ring (bicyclic) bond motifs is 3. The third kappa shape index (κ3) is 2.31. The second-order valence-corrected chi connectivity index (χ2v) is 6.91. The van der Waals surface area contributed by atoms with Gasteiger partial charge in [0, 0.05) is 16.3 Å². The summed E-state index contributed by atoms with van der Waals surface area (Å²) < 4.78 is 6.12. The SMILES string of the molecule is CC(C)(O)c1ccccc1-c1ccc(Cl)c2c1oc1ccccc12. The van der Waals surface area contributed by atoms with Crippen LogP contribution in [0.2, 0.25) is 5.02 Å². The largest absolute Gasteiger partial charge is 0.455 e. The van der Waals surface area contributed by atoms with E-state index in [-0.39, 0.29) is 0 Å². The average molecular weight is 337 g/mol. The minimum atomic E-state index is -0.950. The number of hydrogen-bond acceptors (Lipinski definition) is 2. The number of rotatable bonds is 2. The lowest BCUT2D eigenvalue weighted by molar-refractivity contribution is 0.0792. The van der Waals surface area contributed by atoms with Crippen molar-refractivity contribution in [2.45, 2.75) is 19.4 Å². The van der Waals surface area contributed by atoms with E-state index in [1.807, 2.05) is 60.7 Å². The lowest BCUT2D eigenvalue weighted by atomic mass is 9.89. The molecule has 24 heavy (non-hydrogen) atoms. The van der Waals surface area contributed by atoms with Gasteiger partial charge in [0.25, 0.3) is 0 Å². The Balaban J connectivity index is 2.12. The van der Waals surface area contributed by atoms with Gasteiger partial charge >= 0.3 is 0 Å². The van der Waals surface area contributed by atoms with Crippen LogP contribution in [0.5, 0.6) is 0 Å². The molecule has 0 saturated carbocycles. The van der Waals surface area contributed by atoms with Crippen LogP contribution < -0.4 is 0 Å². The lowest BCUT2D eigenvalue weighted by Crippen LogP contribution is -2.16. The summed E-state index contributed by atoms with van der Waals surface area (Å²) in [6.07, 6.45) is 0. The first kappa shape index (κ1) is 15.3. The molecule has 0 saturated heterocycles. The van der Waals surface area contributed by atoms with E-state index in [4.69, 9.17) is 16.0 Å². The molecule has 0 fully saturated rings. The standard InChI is InChI=1S/C21H17ClO2/c1-21(2,23)16-9-5-3-7-13(16)14-11-12-17(22)19-15-8-4-6-10-18(15)24-20(14)19/h3-12,23H,1-2H3. The van der Waals surface area contributed by atoms with Crippen molar-refractivity contribution in [1.82, 2.24) is 0 Å². The van der Waals surface area contributed by atoms with Crippen molar-refractivity contribution in [1.29, 1.82) is 0 Å². The van der Waals surface area contributed by atoms with Gasteiger partial charge in [0.1, 0.15) is 11.2 Å². The summed E-state index contributed by atoms with van der Waals surface area (Å²) in [4.78, 5) is 0. The molecule has 0 aliphatic carbocycles. The molecule has 0 amide bonds. The molecule has 0 aliphatic heterocycles. The molecule has 3 heteroatoms. The zero-order chi connectivity index (χ0) is 16.9. The van der Waals surface area contributed by atoms with Gasteiger partial charge in [-0.25, -0.2) is 0 Å². The molecule has 4 rings (SSSR count). The molecule has 0 atom stereocenters. The van der Waals surface area contributed by atoms with E-state index in [1.165, 1.54) is 0 Å². The van der Waals surface area contributed by atoms with Gasteiger partial charge in [-0.1, -0.05) is 54.1 Å². The Morgan fingerprint density at radius 1 is 0.875 bits per heavy atom. The summed E-state index contributed by atoms with van der Waals surface area (Å²) in [6.45, 7) is 3.58. The Kier molecular flexibility index (Phi) is 3.41. The van der Waals surface area contributed by atoms with Crippen molar-refractivity contribution < 1.29 is 9.52 Å². The maximum Gasteiger partial charge on any atom is 0.144 e. The molecule has 0 bridgehead atoms. The highest BCUT2D eigenvalue weighted by molar-refractivity contribution is 6.38. The van der Waals surface area contributed by atoms with E-state index in [0.29, 0.717) is 5.02 Å². The van der Waals surface area contributed by atoms with E-state index in [1.54, 1.807) is 13.8 Å². The molecule has 0 spiro atoms. The van der Waals surface area contributed by atoms with Crippen molar-refractivity contribution in [3.8, 4) is 11.1 Å². The predicted octanol–water partition coefficient (Wildman–Crippen LogP) is 6.13. The maximum atomic E-state index is 10.5. The Morgan fingerprint density at radius 3 is 2.38 bits per heavy atom. The Bertz CT molecular complexity index is 1050. The van der Waals surface area contributed by atoms with E-state index < -0.39 is 5.60 Å². The molecule has 0 radical (unpaired) electrons. The minimum absolute atomic E-state index is 0.666. The van der Waals surface area contributed by atoms with E-state index in [9.17, 15) is 5.11 Å². The molecule has 0 unspecified atom stereocenters. The number of hydrogen-bond donors (Lipinski definition) is 1. The monoisotopic (exact) mass is 336 g/mol. The second kappa shape index (κ2) is 5.37. The minimum Gasteiger partial charge on any atom is -0.455 e. The van der Waals surface area contributed by atoms with Crippen molar-refractivity contribution in [2.24, 2.45) is 0 Å². The topological polar surface area (TPSA) is 33.4 Å². The zero-order valence-electron chi connectivity index (χ0n) is 13.5. The first-order valence-electron chi connectivity index (χ1n) is 7.89. The second-order valence-electron chi connectivity index (χ2n) is 6.50. The molecule has 120 valence electrons. The highest BCUT2D eigenvalue weighted by atomic mass is 35.5. The van der Waals surface area contributed by atoms with Gasteiger partial charge < -0.3 is 9.52 Å². The van der Waals surface area contributed by atoms with Crippen LogP contribution in [-0.4, -0.2) is 5.11 Å². The summed E-state index contributed by atoms with van der Waals surface area (Å²) in [5.74, 6) is 0. The highest BCUT2D eigenvalue weighted by Gasteiger charge is 2.23. The summed E-state index contributed by atoms with van der Waals surface area (Å²) in [5.41, 5.74) is 3.35. The summed E-state index contributed by atoms with van der Waals surface area (Å²) in [5, 5.41) is 13.1. The predicted molar refractivity (Wildman–Crippen MR) is 99.4 cm³/mol. The van der Waals surface area contributed by atoms with Crippen LogP contribution in [0.3, 0.4) is 0 Å². The van der Waals surface area contributed by atoms with Gasteiger partial charge in [-0.2, -0.15) is 0 Å². The normalized spacial score (nSPS) is 12.2. The molecular formula is C21H17ClO2. The molecule has 4 aromatic rings. The lowest BCUT2D eigenvalue weighted by Gasteiger charge is -2.21. The van der Waals surface area contributed by atoms with Crippen LogP contribution in [0, 0.1) is 0 Å². The fraction of sp³-hybridized carbons (Fsp3) is 0.143. The molecule has 1 N–H and O–H groups in total. The van der Waals surface area contributed by atoms with Crippen molar-refractivity contribution in [2.75, 3.05) is 0 Å². The smallest absolute Gasteiger partial charge is 0.144 e. The number of benzene rings is 3. The molecule has 1 heterocycles. The van der Waals surface area contributed by atoms with Crippen molar-refractivity contribution >= 4 is 33.5 Å². The van der Waals surface area contributed by atoms with Gasteiger partial charge in [0.05, 0.1) is 10.6 Å². The van der Waals surface area contributed by atoms with Crippen LogP contribution in [0.15, 0.2) is 65.1 Å². The summed E-state index contributed by atoms with van der Waals surface area (Å²) in [7, 11) is 0. The third-order valence-corrected chi connectivity index (χ3v) is 4.67. The van der Waals surface area contributed by atoms with Gasteiger partial charge in [0.2, 0.25) is 0 Å². The average Bonchev–Trinajstić information content (AvgIpc) is 2.94. The van der Waals surface area contributed by atoms with Crippen molar-refractivity contribution in [3.63, 3.8) is 0 Å². The number of aliphatic hydroxyl groups is 1. The maximum absolute atomic E-state index is 10.5.